The van der Waals surface area contributed by atoms with Crippen LogP contribution in [0.2, 0.25) is 0 Å². The number of carbonyl (C=O) groups is 7. The van der Waals surface area contributed by atoms with Crippen molar-refractivity contribution in [3.8, 4) is 0 Å². The number of hydrogen-bond acceptors (Lipinski definition) is 41. The molecule has 9 rings (SSSR count). The molecule has 702 valence electrons. The van der Waals surface area contributed by atoms with E-state index in [-0.39, 0.29) is 171 Å². The van der Waals surface area contributed by atoms with Gasteiger partial charge in [0.2, 0.25) is 29.5 Å². The zero-order valence-corrected chi connectivity index (χ0v) is 70.0. The van der Waals surface area contributed by atoms with Gasteiger partial charge in [-0.1, -0.05) is 34.2 Å². The fourth-order valence-electron chi connectivity index (χ4n) is 14.1. The molecule has 0 aromatic carbocycles. The molecule has 17 N–H and O–H groups in total. The van der Waals surface area contributed by atoms with Crippen LogP contribution in [0.1, 0.15) is 82.6 Å². The summed E-state index contributed by atoms with van der Waals surface area (Å²) in [6.45, 7) is 5.84. The van der Waals surface area contributed by atoms with Gasteiger partial charge in [-0.05, 0) is 25.8 Å². The maximum Gasteiger partial charge on any atom is 0.253 e. The first-order chi connectivity index (χ1) is 60.1. The predicted octanol–water partition coefficient (Wildman–Crippen LogP) is -10.8. The molecule has 0 aliphatic carbocycles. The summed E-state index contributed by atoms with van der Waals surface area (Å²) in [6.07, 6.45) is -11.3. The molecule has 4 saturated heterocycles. The number of rotatable bonds is 56. The van der Waals surface area contributed by atoms with Crippen LogP contribution in [0.15, 0.2) is 36.9 Å². The number of aliphatic hydroxyl groups excluding tert-OH is 12. The molecule has 0 spiro atoms. The van der Waals surface area contributed by atoms with Crippen molar-refractivity contribution < 1.29 is 152 Å². The molecule has 5 aliphatic heterocycles. The van der Waals surface area contributed by atoms with E-state index in [1.807, 2.05) is 4.90 Å². The molecule has 1 unspecified atom stereocenters. The molecule has 4 fully saturated rings. The number of carbonyl (C=O) groups excluding carboxylic acids is 7. The highest BCUT2D eigenvalue weighted by molar-refractivity contribution is 6.13. The average Bonchev–Trinajstić information content (AvgIpc) is 1.34. The first-order valence-corrected chi connectivity index (χ1v) is 41.4. The monoisotopic (exact) mass is 1780 g/mol. The van der Waals surface area contributed by atoms with Gasteiger partial charge in [0.25, 0.3) is 11.8 Å². The van der Waals surface area contributed by atoms with Crippen LogP contribution in [0.4, 0.5) is 0 Å². The van der Waals surface area contributed by atoms with Gasteiger partial charge in [0.1, 0.15) is 79.2 Å². The highest BCUT2D eigenvalue weighted by atomic mass is 16.7. The number of aliphatic hydroxyl groups is 12. The smallest absolute Gasteiger partial charge is 0.253 e. The second-order valence-electron chi connectivity index (χ2n) is 30.4. The van der Waals surface area contributed by atoms with Crippen molar-refractivity contribution in [2.45, 2.75) is 235 Å². The van der Waals surface area contributed by atoms with Crippen molar-refractivity contribution in [3.05, 3.63) is 59.7 Å². The third kappa shape index (κ3) is 31.3. The first-order valence-electron chi connectivity index (χ1n) is 41.4. The summed E-state index contributed by atoms with van der Waals surface area (Å²) in [6, 6.07) is -4.41. The Bertz CT molecular complexity index is 3940. The normalized spacial score (nSPS) is 27.3. The Morgan fingerprint density at radius 1 is 0.440 bits per heavy atom. The standard InChI is InChI=1S/C74H120N20O31/c1-43-61(104)62(105)52(40-95)122-71(43)118-28-24-114-22-18-92-38-49(82-86-92)34-89(35-50-39-93(87-83-50)19-23-116-26-30-120-73-59(78-45(3)99)66(109)64(107)54(42-97)124-73)51(69(112)76-13-7-12-75-55(101)11-15-94-56(102)9-10-57(94)103)8-5-6-14-88(33-48-37-91(85-81-48)17-21-117-27-31-121-74-60(79-46(4)100)67(110)68(111)70(113)125-74)32-47-36-90(84-80-47)16-20-115-25-29-119-72-58(77-44(2)98)65(108)63(106)53(41-96)123-72/h9-10,36-39,43,51-54,58-68,70-74,95-97,104-111,113H,5-8,11-35,40-42H2,1-4H3,(H,75,101)(H,76,112)(H,77,98)(H,78,99)(H,79,100)/t43-,51+,52-,53-,54-,58-,59-,60-,61-,62+,63+,64+,65-,66-,67-,68-,70+,71-,72-,73?,74-/m1/s1. The highest BCUT2D eigenvalue weighted by Gasteiger charge is 2.49. The van der Waals surface area contributed by atoms with E-state index in [0.717, 1.165) is 17.1 Å². The quantitative estimate of drug-likeness (QED) is 0.0144. The molecule has 4 aromatic heterocycles. The number of aromatic nitrogens is 12. The van der Waals surface area contributed by atoms with Gasteiger partial charge in [0, 0.05) is 116 Å². The molecule has 51 nitrogen and oxygen atoms in total. The van der Waals surface area contributed by atoms with Crippen LogP contribution in [0.25, 0.3) is 0 Å². The predicted molar refractivity (Wildman–Crippen MR) is 417 cm³/mol. The Kier molecular flexibility index (Phi) is 41.5. The first kappa shape index (κ1) is 101. The Morgan fingerprint density at radius 3 is 1.22 bits per heavy atom. The Hall–Kier alpha value is -8.25. The van der Waals surface area contributed by atoms with Gasteiger partial charge in [-0.3, -0.25) is 48.3 Å². The van der Waals surface area contributed by atoms with Crippen molar-refractivity contribution in [1.29, 1.82) is 0 Å². The molecule has 125 heavy (non-hydrogen) atoms. The summed E-state index contributed by atoms with van der Waals surface area (Å²) in [5.74, 6) is -4.04. The van der Waals surface area contributed by atoms with Crippen molar-refractivity contribution in [1.82, 2.24) is 101 Å². The van der Waals surface area contributed by atoms with E-state index >= 15 is 4.79 Å². The molecule has 5 aliphatic rings. The zero-order chi connectivity index (χ0) is 90.1. The largest absolute Gasteiger partial charge is 0.394 e. The van der Waals surface area contributed by atoms with Gasteiger partial charge >= 0.3 is 0 Å². The Labute approximate surface area is 717 Å². The van der Waals surface area contributed by atoms with Gasteiger partial charge in [0.15, 0.2) is 31.5 Å². The van der Waals surface area contributed by atoms with E-state index in [2.05, 4.69) is 72.7 Å². The van der Waals surface area contributed by atoms with E-state index < -0.39 is 190 Å². The van der Waals surface area contributed by atoms with E-state index in [4.69, 9.17) is 56.8 Å². The highest BCUT2D eigenvalue weighted by Crippen LogP contribution is 2.29. The van der Waals surface area contributed by atoms with E-state index in [1.54, 1.807) is 45.8 Å². The lowest BCUT2D eigenvalue weighted by Crippen LogP contribution is -2.64. The number of nitrogens with zero attached hydrogens (tertiary/aromatic N) is 15. The molecule has 9 heterocycles. The third-order valence-corrected chi connectivity index (χ3v) is 20.8. The van der Waals surface area contributed by atoms with E-state index in [0.29, 0.717) is 42.2 Å². The van der Waals surface area contributed by atoms with Gasteiger partial charge in [-0.15, -0.1) is 20.4 Å². The summed E-state index contributed by atoms with van der Waals surface area (Å²) < 4.78 is 75.0. The van der Waals surface area contributed by atoms with Crippen LogP contribution in [-0.2, 0) is 143 Å². The number of hydrogen-bond donors (Lipinski definition) is 17. The topological polar surface area (TPSA) is 666 Å². The van der Waals surface area contributed by atoms with Gasteiger partial charge in [-0.25, -0.2) is 18.7 Å². The van der Waals surface area contributed by atoms with Gasteiger partial charge in [-0.2, -0.15) is 0 Å². The van der Waals surface area contributed by atoms with Crippen molar-refractivity contribution >= 4 is 41.4 Å². The Balaban J connectivity index is 0.884. The van der Waals surface area contributed by atoms with Crippen LogP contribution in [0.3, 0.4) is 0 Å². The number of imide groups is 1. The summed E-state index contributed by atoms with van der Waals surface area (Å²) >= 11 is 0. The summed E-state index contributed by atoms with van der Waals surface area (Å²) in [4.78, 5) is 93.1. The molecule has 0 radical (unpaired) electrons. The van der Waals surface area contributed by atoms with Gasteiger partial charge < -0.3 is 145 Å². The van der Waals surface area contributed by atoms with Crippen LogP contribution >= 0.6 is 0 Å². The molecular weight excluding hydrogens is 1660 g/mol. The lowest BCUT2D eigenvalue weighted by atomic mass is 9.92. The SMILES string of the molecule is CC(=O)N[C@H]1[C@H](OCCOCCn2cc(CN(CCCC[C@@H](C(=O)NCCCNC(=O)CCN3C(=O)C=CC3=O)N(Cc3cn(CCOCCOC4O[C@H](CO)[C@H](O)[C@H](O)[C@H]4NC(C)=O)nn3)Cc3cn(CCOCCO[C@@H]4O[C@H](CO)[C@H](O)[C@H](O)[C@H]4C)nn3)Cc3cn(CCOCCO[C@@H]4O[C@H](CO)[C@H](O)[C@H](O)[C@H]4NC(C)=O)nn3)nn2)O[C@H](O)[C@H](O)[C@@H]1O. The fourth-order valence-corrected chi connectivity index (χ4v) is 14.1. The minimum absolute atomic E-state index is 0.000838. The molecule has 0 saturated carbocycles. The molecule has 7 amide bonds. The van der Waals surface area contributed by atoms with E-state index in [9.17, 15) is 90.0 Å². The number of ether oxygens (including phenoxy) is 12. The lowest BCUT2D eigenvalue weighted by Gasteiger charge is -2.42. The number of unbranched alkanes of at least 4 members (excludes halogenated alkanes) is 1. The number of nitrogens with one attached hydrogen (secondary N) is 5. The maximum atomic E-state index is 15.1. The fraction of sp³-hybridized carbons (Fsp3) is 0.770. The van der Waals surface area contributed by atoms with Crippen LogP contribution < -0.4 is 26.6 Å². The lowest BCUT2D eigenvalue weighted by molar-refractivity contribution is -0.316. The average molecular weight is 1790 g/mol. The Morgan fingerprint density at radius 2 is 0.808 bits per heavy atom. The van der Waals surface area contributed by atoms with E-state index in [1.165, 1.54) is 25.5 Å². The van der Waals surface area contributed by atoms with Gasteiger partial charge in [0.05, 0.1) is 160 Å². The minimum atomic E-state index is -1.78. The second-order valence-corrected chi connectivity index (χ2v) is 30.4. The summed E-state index contributed by atoms with van der Waals surface area (Å²) in [7, 11) is 0. The molecular formula is C74H120N20O31. The molecule has 0 bridgehead atoms. The minimum Gasteiger partial charge on any atom is -0.394 e. The molecule has 21 atom stereocenters. The summed E-state index contributed by atoms with van der Waals surface area (Å²) in [5, 5.41) is 172. The summed E-state index contributed by atoms with van der Waals surface area (Å²) in [5.41, 5.74) is 1.97. The van der Waals surface area contributed by atoms with Crippen molar-refractivity contribution in [2.24, 2.45) is 5.92 Å². The zero-order valence-electron chi connectivity index (χ0n) is 70.0. The third-order valence-electron chi connectivity index (χ3n) is 20.8. The van der Waals surface area contributed by atoms with Crippen LogP contribution in [0, 0.1) is 5.92 Å². The second kappa shape index (κ2) is 51.7. The van der Waals surface area contributed by atoms with Crippen molar-refractivity contribution in [3.63, 3.8) is 0 Å². The van der Waals surface area contributed by atoms with Crippen LogP contribution in [0.5, 0.6) is 0 Å². The molecule has 51 heteroatoms. The van der Waals surface area contributed by atoms with Crippen molar-refractivity contribution in [2.75, 3.05) is 125 Å². The molecule has 4 aromatic rings. The maximum absolute atomic E-state index is 15.1. The number of amides is 7. The van der Waals surface area contributed by atoms with Crippen LogP contribution in [-0.4, -0.2) is 425 Å².